The number of carbonyl (C=O) groups excluding carboxylic acids is 1. The number of Topliss-reactive ketones (excluding diaryl/α,β-unsaturated/α-hetero) is 1. The summed E-state index contributed by atoms with van der Waals surface area (Å²) in [6.07, 6.45) is 0.957. The molecule has 0 radical (unpaired) electrons. The highest BCUT2D eigenvalue weighted by atomic mass is 79.9. The number of ketones is 1. The van der Waals surface area contributed by atoms with Gasteiger partial charge in [0, 0.05) is 14.9 Å². The molecule has 3 heteroatoms. The van der Waals surface area contributed by atoms with Gasteiger partial charge in [0.05, 0.1) is 5.75 Å². The number of halogens is 1. The lowest BCUT2D eigenvalue weighted by Gasteiger charge is -2.05. The average molecular weight is 335 g/mol. The third-order valence-electron chi connectivity index (χ3n) is 2.85. The number of aryl methyl sites for hydroxylation is 1. The largest absolute Gasteiger partial charge is 0.293 e. The molecule has 0 amide bonds. The third-order valence-corrected chi connectivity index (χ3v) is 4.88. The second-order valence-corrected chi connectivity index (χ2v) is 6.07. The normalized spacial score (nSPS) is 10.4. The molecule has 0 heterocycles. The van der Waals surface area contributed by atoms with Gasteiger partial charge in [-0.1, -0.05) is 37.3 Å². The van der Waals surface area contributed by atoms with Gasteiger partial charge in [-0.3, -0.25) is 4.79 Å². The van der Waals surface area contributed by atoms with E-state index >= 15 is 0 Å². The van der Waals surface area contributed by atoms with Crippen molar-refractivity contribution < 1.29 is 4.79 Å². The first-order valence-electron chi connectivity index (χ1n) is 6.20. The Hall–Kier alpha value is -1.06. The summed E-state index contributed by atoms with van der Waals surface area (Å²) in [5.74, 6) is 0.645. The highest BCUT2D eigenvalue weighted by molar-refractivity contribution is 9.10. The fraction of sp³-hybridized carbons (Fsp3) is 0.188. The summed E-state index contributed by atoms with van der Waals surface area (Å²) in [6, 6.07) is 15.9. The maximum Gasteiger partial charge on any atom is 0.173 e. The lowest BCUT2D eigenvalue weighted by Crippen LogP contribution is -2.02. The predicted molar refractivity (Wildman–Crippen MR) is 85.0 cm³/mol. The van der Waals surface area contributed by atoms with Crippen LogP contribution in [0, 0.1) is 0 Å². The van der Waals surface area contributed by atoms with Gasteiger partial charge in [-0.25, -0.2) is 0 Å². The van der Waals surface area contributed by atoms with Crippen LogP contribution in [-0.2, 0) is 6.42 Å². The Morgan fingerprint density at radius 2 is 1.95 bits per heavy atom. The minimum absolute atomic E-state index is 0.177. The standard InChI is InChI=1S/C16H15BrOS/c1-2-12-6-5-7-13(10-12)15(18)11-19-16-9-4-3-8-14(16)17/h3-10H,2,11H2,1H3. The third kappa shape index (κ3) is 3.95. The molecule has 0 unspecified atom stereocenters. The Morgan fingerprint density at radius 1 is 1.16 bits per heavy atom. The van der Waals surface area contributed by atoms with Crippen molar-refractivity contribution >= 4 is 33.5 Å². The van der Waals surface area contributed by atoms with Gasteiger partial charge < -0.3 is 0 Å². The minimum Gasteiger partial charge on any atom is -0.293 e. The molecule has 0 aromatic heterocycles. The van der Waals surface area contributed by atoms with Crippen LogP contribution >= 0.6 is 27.7 Å². The van der Waals surface area contributed by atoms with E-state index < -0.39 is 0 Å². The zero-order valence-corrected chi connectivity index (χ0v) is 13.1. The topological polar surface area (TPSA) is 17.1 Å². The zero-order valence-electron chi connectivity index (χ0n) is 10.7. The fourth-order valence-corrected chi connectivity index (χ4v) is 3.22. The Kier molecular flexibility index (Phi) is 5.23. The van der Waals surface area contributed by atoms with Gasteiger partial charge in [0.2, 0.25) is 0 Å². The summed E-state index contributed by atoms with van der Waals surface area (Å²) < 4.78 is 1.04. The molecule has 0 bridgehead atoms. The number of hydrogen-bond acceptors (Lipinski definition) is 2. The first kappa shape index (κ1) is 14.4. The number of benzene rings is 2. The molecule has 19 heavy (non-hydrogen) atoms. The first-order valence-corrected chi connectivity index (χ1v) is 7.98. The van der Waals surface area contributed by atoms with E-state index in [0.717, 1.165) is 21.4 Å². The van der Waals surface area contributed by atoms with Crippen LogP contribution in [0.5, 0.6) is 0 Å². The van der Waals surface area contributed by atoms with E-state index in [1.54, 1.807) is 11.8 Å². The van der Waals surface area contributed by atoms with E-state index in [9.17, 15) is 4.79 Å². The average Bonchev–Trinajstić information content (AvgIpc) is 2.46. The van der Waals surface area contributed by atoms with Gasteiger partial charge in [0.25, 0.3) is 0 Å². The number of carbonyl (C=O) groups is 1. The Bertz CT molecular complexity index is 580. The molecule has 0 fully saturated rings. The molecule has 98 valence electrons. The van der Waals surface area contributed by atoms with E-state index in [0.29, 0.717) is 5.75 Å². The van der Waals surface area contributed by atoms with Crippen molar-refractivity contribution in [2.24, 2.45) is 0 Å². The summed E-state index contributed by atoms with van der Waals surface area (Å²) in [6.45, 7) is 2.10. The van der Waals surface area contributed by atoms with E-state index in [1.165, 1.54) is 5.56 Å². The van der Waals surface area contributed by atoms with Crippen molar-refractivity contribution in [1.82, 2.24) is 0 Å². The highest BCUT2D eigenvalue weighted by Gasteiger charge is 2.08. The molecule has 2 rings (SSSR count). The molecule has 1 nitrogen and oxygen atoms in total. The molecule has 0 atom stereocenters. The van der Waals surface area contributed by atoms with Crippen LogP contribution < -0.4 is 0 Å². The molecular formula is C16H15BrOS. The second kappa shape index (κ2) is 6.92. The SMILES string of the molecule is CCc1cccc(C(=O)CSc2ccccc2Br)c1. The fourth-order valence-electron chi connectivity index (χ4n) is 1.75. The quantitative estimate of drug-likeness (QED) is 0.566. The maximum absolute atomic E-state index is 12.2. The van der Waals surface area contributed by atoms with Crippen LogP contribution in [0.3, 0.4) is 0 Å². The zero-order chi connectivity index (χ0) is 13.7. The first-order chi connectivity index (χ1) is 9.20. The lowest BCUT2D eigenvalue weighted by atomic mass is 10.1. The molecule has 0 aliphatic carbocycles. The monoisotopic (exact) mass is 334 g/mol. The summed E-state index contributed by atoms with van der Waals surface area (Å²) in [5.41, 5.74) is 2.01. The van der Waals surface area contributed by atoms with Crippen molar-refractivity contribution in [3.05, 3.63) is 64.1 Å². The van der Waals surface area contributed by atoms with Gasteiger partial charge >= 0.3 is 0 Å². The number of rotatable bonds is 5. The molecule has 2 aromatic carbocycles. The molecule has 0 saturated carbocycles. The van der Waals surface area contributed by atoms with Gasteiger partial charge in [-0.05, 0) is 46.1 Å². The van der Waals surface area contributed by atoms with Crippen LogP contribution in [0.2, 0.25) is 0 Å². The Balaban J connectivity index is 2.03. The van der Waals surface area contributed by atoms with E-state index in [-0.39, 0.29) is 5.78 Å². The molecule has 0 aliphatic heterocycles. The molecule has 0 spiro atoms. The van der Waals surface area contributed by atoms with Gasteiger partial charge in [-0.15, -0.1) is 11.8 Å². The Labute approximate surface area is 126 Å². The van der Waals surface area contributed by atoms with Gasteiger partial charge in [-0.2, -0.15) is 0 Å². The molecule has 0 saturated heterocycles. The number of hydrogen-bond donors (Lipinski definition) is 0. The molecule has 0 N–H and O–H groups in total. The summed E-state index contributed by atoms with van der Waals surface area (Å²) >= 11 is 5.06. The molecular weight excluding hydrogens is 320 g/mol. The van der Waals surface area contributed by atoms with Crippen molar-refractivity contribution in [1.29, 1.82) is 0 Å². The lowest BCUT2D eigenvalue weighted by molar-refractivity contribution is 0.102. The van der Waals surface area contributed by atoms with Crippen molar-refractivity contribution in [2.75, 3.05) is 5.75 Å². The second-order valence-electron chi connectivity index (χ2n) is 4.20. The Morgan fingerprint density at radius 3 is 2.68 bits per heavy atom. The predicted octanol–water partition coefficient (Wildman–Crippen LogP) is 4.99. The van der Waals surface area contributed by atoms with Crippen LogP contribution in [-0.4, -0.2) is 11.5 Å². The van der Waals surface area contributed by atoms with Crippen molar-refractivity contribution in [3.63, 3.8) is 0 Å². The van der Waals surface area contributed by atoms with Crippen LogP contribution in [0.4, 0.5) is 0 Å². The molecule has 2 aromatic rings. The maximum atomic E-state index is 12.2. The van der Waals surface area contributed by atoms with Crippen LogP contribution in [0.1, 0.15) is 22.8 Å². The van der Waals surface area contributed by atoms with Crippen LogP contribution in [0.15, 0.2) is 57.9 Å². The smallest absolute Gasteiger partial charge is 0.173 e. The summed E-state index contributed by atoms with van der Waals surface area (Å²) in [7, 11) is 0. The van der Waals surface area contributed by atoms with Crippen molar-refractivity contribution in [3.8, 4) is 0 Å². The van der Waals surface area contributed by atoms with Gasteiger partial charge in [0.1, 0.15) is 0 Å². The van der Waals surface area contributed by atoms with Crippen molar-refractivity contribution in [2.45, 2.75) is 18.2 Å². The van der Waals surface area contributed by atoms with Crippen LogP contribution in [0.25, 0.3) is 0 Å². The molecule has 0 aliphatic rings. The number of thioether (sulfide) groups is 1. The summed E-state index contributed by atoms with van der Waals surface area (Å²) in [5, 5.41) is 0. The van der Waals surface area contributed by atoms with E-state index in [4.69, 9.17) is 0 Å². The highest BCUT2D eigenvalue weighted by Crippen LogP contribution is 2.27. The minimum atomic E-state index is 0.177. The van der Waals surface area contributed by atoms with E-state index in [2.05, 4.69) is 28.9 Å². The summed E-state index contributed by atoms with van der Waals surface area (Å²) in [4.78, 5) is 13.3. The van der Waals surface area contributed by atoms with E-state index in [1.807, 2.05) is 42.5 Å². The van der Waals surface area contributed by atoms with Gasteiger partial charge in [0.15, 0.2) is 5.78 Å².